The molecule has 1 fully saturated rings. The van der Waals surface area contributed by atoms with E-state index >= 15 is 0 Å². The molecule has 0 radical (unpaired) electrons. The number of benzene rings is 2. The molecule has 1 atom stereocenters. The summed E-state index contributed by atoms with van der Waals surface area (Å²) < 4.78 is 0. The molecule has 2 N–H and O–H groups in total. The maximum Gasteiger partial charge on any atom is 0.251 e. The van der Waals surface area contributed by atoms with E-state index in [1.807, 2.05) is 36.4 Å². The number of aliphatic hydroxyl groups excluding tert-OH is 1. The van der Waals surface area contributed by atoms with Crippen molar-refractivity contribution in [1.82, 2.24) is 5.32 Å². The molecule has 0 heterocycles. The summed E-state index contributed by atoms with van der Waals surface area (Å²) in [6.45, 7) is 0. The summed E-state index contributed by atoms with van der Waals surface area (Å²) in [5.41, 5.74) is 1.98. The number of aliphatic hydroxyl groups is 1. The minimum Gasteiger partial charge on any atom is -0.393 e. The summed E-state index contributed by atoms with van der Waals surface area (Å²) in [6, 6.07) is 18.4. The van der Waals surface area contributed by atoms with Gasteiger partial charge in [0.25, 0.3) is 5.91 Å². The molecule has 0 bridgehead atoms. The maximum absolute atomic E-state index is 12.5. The van der Waals surface area contributed by atoms with E-state index in [9.17, 15) is 9.90 Å². The van der Waals surface area contributed by atoms with Gasteiger partial charge in [-0.1, -0.05) is 36.4 Å². The average molecular weight is 306 g/mol. The van der Waals surface area contributed by atoms with Crippen LogP contribution in [0.5, 0.6) is 0 Å². The fourth-order valence-corrected chi connectivity index (χ4v) is 2.99. The third-order valence-electron chi connectivity index (χ3n) is 4.32. The fourth-order valence-electron chi connectivity index (χ4n) is 2.99. The van der Waals surface area contributed by atoms with Crippen LogP contribution in [0.1, 0.15) is 40.4 Å². The molecule has 1 aliphatic rings. The van der Waals surface area contributed by atoms with Gasteiger partial charge in [-0.2, -0.15) is 5.26 Å². The Labute approximate surface area is 135 Å². The van der Waals surface area contributed by atoms with Gasteiger partial charge in [0.05, 0.1) is 23.8 Å². The standard InChI is InChI=1S/C19H18N2O2/c20-12-13-5-4-8-15(9-13)19(23)21-18(16-10-17(22)11-16)14-6-2-1-3-7-14/h1-9,16-18,22H,10-11H2,(H,21,23)/t16?,17?,18-/m1/s1. The molecule has 0 aliphatic heterocycles. The van der Waals surface area contributed by atoms with Crippen molar-refractivity contribution in [3.05, 3.63) is 71.3 Å². The third kappa shape index (κ3) is 3.41. The van der Waals surface area contributed by atoms with Gasteiger partial charge in [-0.15, -0.1) is 0 Å². The van der Waals surface area contributed by atoms with Crippen molar-refractivity contribution in [1.29, 1.82) is 5.26 Å². The normalized spacial score (nSPS) is 20.9. The number of nitrogens with one attached hydrogen (secondary N) is 1. The van der Waals surface area contributed by atoms with E-state index in [1.54, 1.807) is 24.3 Å². The van der Waals surface area contributed by atoms with Crippen molar-refractivity contribution in [3.8, 4) is 6.07 Å². The number of hydrogen-bond donors (Lipinski definition) is 2. The van der Waals surface area contributed by atoms with Crippen LogP contribution < -0.4 is 5.32 Å². The first-order valence-corrected chi connectivity index (χ1v) is 7.71. The molecule has 2 aromatic carbocycles. The van der Waals surface area contributed by atoms with Gasteiger partial charge in [0.2, 0.25) is 0 Å². The predicted molar refractivity (Wildman–Crippen MR) is 86.5 cm³/mol. The molecule has 1 saturated carbocycles. The Morgan fingerprint density at radius 3 is 2.57 bits per heavy atom. The molecule has 2 aromatic rings. The lowest BCUT2D eigenvalue weighted by molar-refractivity contribution is 0.0235. The summed E-state index contributed by atoms with van der Waals surface area (Å²) in [6.07, 6.45) is 1.11. The Morgan fingerprint density at radius 1 is 1.17 bits per heavy atom. The minimum atomic E-state index is -0.273. The Hall–Kier alpha value is -2.64. The second kappa shape index (κ2) is 6.64. The number of nitrogens with zero attached hydrogens (tertiary/aromatic N) is 1. The van der Waals surface area contributed by atoms with Crippen LogP contribution >= 0.6 is 0 Å². The number of rotatable bonds is 4. The zero-order valence-corrected chi connectivity index (χ0v) is 12.6. The fraction of sp³-hybridized carbons (Fsp3) is 0.263. The van der Waals surface area contributed by atoms with E-state index in [-0.39, 0.29) is 24.0 Å². The molecule has 0 saturated heterocycles. The van der Waals surface area contributed by atoms with Crippen LogP contribution in [0.2, 0.25) is 0 Å². The minimum absolute atomic E-state index is 0.127. The molecule has 0 unspecified atom stereocenters. The quantitative estimate of drug-likeness (QED) is 0.912. The topological polar surface area (TPSA) is 73.1 Å². The smallest absolute Gasteiger partial charge is 0.251 e. The van der Waals surface area contributed by atoms with Gasteiger partial charge in [-0.05, 0) is 42.5 Å². The van der Waals surface area contributed by atoms with E-state index in [4.69, 9.17) is 5.26 Å². The number of nitriles is 1. The van der Waals surface area contributed by atoms with Gasteiger partial charge in [0.15, 0.2) is 0 Å². The van der Waals surface area contributed by atoms with E-state index in [0.717, 1.165) is 5.56 Å². The van der Waals surface area contributed by atoms with E-state index in [1.165, 1.54) is 0 Å². The van der Waals surface area contributed by atoms with Gasteiger partial charge in [0, 0.05) is 5.56 Å². The predicted octanol–water partition coefficient (Wildman–Crippen LogP) is 2.80. The van der Waals surface area contributed by atoms with E-state index < -0.39 is 0 Å². The number of carbonyl (C=O) groups excluding carboxylic acids is 1. The summed E-state index contributed by atoms with van der Waals surface area (Å²) in [5.74, 6) is 0.0350. The van der Waals surface area contributed by atoms with Gasteiger partial charge in [-0.25, -0.2) is 0 Å². The molecule has 23 heavy (non-hydrogen) atoms. The molecule has 1 aliphatic carbocycles. The van der Waals surface area contributed by atoms with Crippen LogP contribution in [-0.4, -0.2) is 17.1 Å². The van der Waals surface area contributed by atoms with Crippen molar-refractivity contribution in [2.45, 2.75) is 25.0 Å². The summed E-state index contributed by atoms with van der Waals surface area (Å²) in [4.78, 5) is 12.5. The second-order valence-electron chi connectivity index (χ2n) is 5.94. The molecule has 4 heteroatoms. The van der Waals surface area contributed by atoms with Gasteiger partial charge >= 0.3 is 0 Å². The van der Waals surface area contributed by atoms with Crippen molar-refractivity contribution in [3.63, 3.8) is 0 Å². The van der Waals surface area contributed by atoms with Gasteiger partial charge < -0.3 is 10.4 Å². The number of hydrogen-bond acceptors (Lipinski definition) is 3. The third-order valence-corrected chi connectivity index (χ3v) is 4.32. The van der Waals surface area contributed by atoms with Crippen LogP contribution in [0.25, 0.3) is 0 Å². The highest BCUT2D eigenvalue weighted by Crippen LogP contribution is 2.38. The lowest BCUT2D eigenvalue weighted by Gasteiger charge is -2.38. The molecular weight excluding hydrogens is 288 g/mol. The van der Waals surface area contributed by atoms with Crippen molar-refractivity contribution >= 4 is 5.91 Å². The lowest BCUT2D eigenvalue weighted by atomic mass is 9.75. The number of amides is 1. The van der Waals surface area contributed by atoms with Crippen LogP contribution in [0.4, 0.5) is 0 Å². The Kier molecular flexibility index (Phi) is 4.40. The van der Waals surface area contributed by atoms with Crippen LogP contribution in [0.15, 0.2) is 54.6 Å². The van der Waals surface area contributed by atoms with Gasteiger partial charge in [0.1, 0.15) is 0 Å². The molecule has 3 rings (SSSR count). The molecule has 116 valence electrons. The first-order valence-electron chi connectivity index (χ1n) is 7.71. The summed E-state index contributed by atoms with van der Waals surface area (Å²) in [5, 5.41) is 21.6. The molecule has 0 aromatic heterocycles. The Morgan fingerprint density at radius 2 is 1.91 bits per heavy atom. The van der Waals surface area contributed by atoms with Crippen molar-refractivity contribution in [2.75, 3.05) is 0 Å². The highest BCUT2D eigenvalue weighted by molar-refractivity contribution is 5.94. The SMILES string of the molecule is N#Cc1cccc(C(=O)N[C@H](c2ccccc2)C2CC(O)C2)c1. The summed E-state index contributed by atoms with van der Waals surface area (Å²) >= 11 is 0. The lowest BCUT2D eigenvalue weighted by Crippen LogP contribution is -2.41. The largest absolute Gasteiger partial charge is 0.393 e. The zero-order valence-electron chi connectivity index (χ0n) is 12.6. The van der Waals surface area contributed by atoms with Crippen LogP contribution in [0.3, 0.4) is 0 Å². The van der Waals surface area contributed by atoms with Gasteiger partial charge in [-0.3, -0.25) is 4.79 Å². The Bertz CT molecular complexity index is 731. The van der Waals surface area contributed by atoms with Crippen molar-refractivity contribution in [2.24, 2.45) is 5.92 Å². The molecule has 4 nitrogen and oxygen atoms in total. The first kappa shape index (κ1) is 15.3. The highest BCUT2D eigenvalue weighted by Gasteiger charge is 2.35. The van der Waals surface area contributed by atoms with E-state index in [2.05, 4.69) is 5.32 Å². The number of carbonyl (C=O) groups is 1. The highest BCUT2D eigenvalue weighted by atomic mass is 16.3. The Balaban J connectivity index is 1.81. The van der Waals surface area contributed by atoms with Crippen LogP contribution in [0, 0.1) is 17.2 Å². The first-order chi connectivity index (χ1) is 11.2. The zero-order chi connectivity index (χ0) is 16.2. The maximum atomic E-state index is 12.5. The van der Waals surface area contributed by atoms with Crippen LogP contribution in [-0.2, 0) is 0 Å². The van der Waals surface area contributed by atoms with E-state index in [0.29, 0.717) is 24.0 Å². The molecule has 1 amide bonds. The second-order valence-corrected chi connectivity index (χ2v) is 5.94. The van der Waals surface area contributed by atoms with Crippen molar-refractivity contribution < 1.29 is 9.90 Å². The molecular formula is C19H18N2O2. The monoisotopic (exact) mass is 306 g/mol. The summed E-state index contributed by atoms with van der Waals surface area (Å²) in [7, 11) is 0. The average Bonchev–Trinajstić information content (AvgIpc) is 2.58. The molecule has 0 spiro atoms.